The molecule has 0 heterocycles. The summed E-state index contributed by atoms with van der Waals surface area (Å²) < 4.78 is 75.8. The Kier molecular flexibility index (Phi) is 3.91. The number of aryl methyl sites for hydroxylation is 2. The van der Waals surface area contributed by atoms with Gasteiger partial charge in [-0.05, 0) is 42.7 Å². The Morgan fingerprint density at radius 3 is 1.72 bits per heavy atom. The molecule has 0 nitrogen and oxygen atoms in total. The SMILES string of the molecule is Cc1cc(F)cc(C)c1C(Cl)C(F)(F)C(F)(F)F. The summed E-state index contributed by atoms with van der Waals surface area (Å²) in [5.74, 6) is -5.80. The molecule has 0 aromatic heterocycles. The summed E-state index contributed by atoms with van der Waals surface area (Å²) in [6.07, 6.45) is -5.76. The second-order valence-electron chi connectivity index (χ2n) is 3.94. The Balaban J connectivity index is 3.32. The fraction of sp³-hybridized carbons (Fsp3) is 0.455. The molecule has 0 saturated heterocycles. The molecule has 0 aliphatic carbocycles. The van der Waals surface area contributed by atoms with Crippen LogP contribution in [-0.2, 0) is 0 Å². The molecule has 0 aliphatic rings. The first-order chi connectivity index (χ1) is 7.98. The third kappa shape index (κ3) is 2.58. The minimum atomic E-state index is -5.76. The van der Waals surface area contributed by atoms with Crippen molar-refractivity contribution in [2.75, 3.05) is 0 Å². The van der Waals surface area contributed by atoms with E-state index in [9.17, 15) is 26.3 Å². The Hall–Kier alpha value is -0.910. The number of hydrogen-bond donors (Lipinski definition) is 0. The van der Waals surface area contributed by atoms with Crippen LogP contribution in [0.4, 0.5) is 26.3 Å². The molecule has 0 bridgehead atoms. The smallest absolute Gasteiger partial charge is 0.207 e. The molecule has 102 valence electrons. The Morgan fingerprint density at radius 2 is 1.39 bits per heavy atom. The van der Waals surface area contributed by atoms with E-state index >= 15 is 0 Å². The Morgan fingerprint density at radius 1 is 1.00 bits per heavy atom. The van der Waals surface area contributed by atoms with Crippen LogP contribution in [-0.4, -0.2) is 12.1 Å². The molecular weight excluding hydrogens is 282 g/mol. The van der Waals surface area contributed by atoms with Crippen LogP contribution in [0.5, 0.6) is 0 Å². The van der Waals surface area contributed by atoms with Crippen LogP contribution >= 0.6 is 11.6 Å². The zero-order chi connectivity index (χ0) is 14.3. The van der Waals surface area contributed by atoms with Gasteiger partial charge in [0.15, 0.2) is 0 Å². The van der Waals surface area contributed by atoms with Crippen molar-refractivity contribution in [3.05, 3.63) is 34.6 Å². The average molecular weight is 291 g/mol. The summed E-state index contributed by atoms with van der Waals surface area (Å²) >= 11 is 5.25. The van der Waals surface area contributed by atoms with Gasteiger partial charge in [-0.25, -0.2) is 4.39 Å². The molecule has 7 heteroatoms. The van der Waals surface area contributed by atoms with E-state index in [0.717, 1.165) is 12.1 Å². The number of hydrogen-bond acceptors (Lipinski definition) is 0. The van der Waals surface area contributed by atoms with E-state index in [1.807, 2.05) is 0 Å². The van der Waals surface area contributed by atoms with Gasteiger partial charge < -0.3 is 0 Å². The first-order valence-corrected chi connectivity index (χ1v) is 5.27. The maximum atomic E-state index is 13.1. The van der Waals surface area contributed by atoms with E-state index in [4.69, 9.17) is 11.6 Å². The zero-order valence-electron chi connectivity index (χ0n) is 9.38. The van der Waals surface area contributed by atoms with Crippen LogP contribution < -0.4 is 0 Å². The minimum Gasteiger partial charge on any atom is -0.207 e. The van der Waals surface area contributed by atoms with Crippen molar-refractivity contribution in [2.45, 2.75) is 31.3 Å². The molecular formula is C11H9ClF6. The van der Waals surface area contributed by atoms with Crippen LogP contribution in [0.2, 0.25) is 0 Å². The van der Waals surface area contributed by atoms with Gasteiger partial charge in [-0.2, -0.15) is 22.0 Å². The molecule has 0 radical (unpaired) electrons. The quantitative estimate of drug-likeness (QED) is 0.536. The molecule has 1 rings (SSSR count). The molecule has 1 aromatic carbocycles. The molecule has 1 aromatic rings. The monoisotopic (exact) mass is 290 g/mol. The van der Waals surface area contributed by atoms with Crippen molar-refractivity contribution >= 4 is 11.6 Å². The van der Waals surface area contributed by atoms with Gasteiger partial charge in [0, 0.05) is 0 Å². The van der Waals surface area contributed by atoms with Crippen LogP contribution in [0.25, 0.3) is 0 Å². The van der Waals surface area contributed by atoms with E-state index in [0.29, 0.717) is 0 Å². The van der Waals surface area contributed by atoms with Crippen molar-refractivity contribution in [2.24, 2.45) is 0 Å². The highest BCUT2D eigenvalue weighted by molar-refractivity contribution is 6.21. The van der Waals surface area contributed by atoms with Crippen LogP contribution in [0, 0.1) is 19.7 Å². The van der Waals surface area contributed by atoms with Gasteiger partial charge in [-0.3, -0.25) is 0 Å². The minimum absolute atomic E-state index is 0.0450. The molecule has 1 unspecified atom stereocenters. The number of benzene rings is 1. The highest BCUT2D eigenvalue weighted by Gasteiger charge is 2.62. The van der Waals surface area contributed by atoms with Crippen LogP contribution in [0.1, 0.15) is 22.1 Å². The first-order valence-electron chi connectivity index (χ1n) is 4.83. The maximum absolute atomic E-state index is 13.1. The van der Waals surface area contributed by atoms with Crippen molar-refractivity contribution in [1.29, 1.82) is 0 Å². The van der Waals surface area contributed by atoms with Gasteiger partial charge in [0.25, 0.3) is 0 Å². The lowest BCUT2D eigenvalue weighted by Crippen LogP contribution is -2.40. The lowest BCUT2D eigenvalue weighted by molar-refractivity contribution is -0.283. The van der Waals surface area contributed by atoms with Gasteiger partial charge in [0.05, 0.1) is 0 Å². The predicted octanol–water partition coefficient (Wildman–Crippen LogP) is 4.92. The van der Waals surface area contributed by atoms with E-state index in [-0.39, 0.29) is 11.1 Å². The second-order valence-corrected chi connectivity index (χ2v) is 4.37. The fourth-order valence-electron chi connectivity index (χ4n) is 1.65. The lowest BCUT2D eigenvalue weighted by Gasteiger charge is -2.26. The van der Waals surface area contributed by atoms with Crippen LogP contribution in [0.15, 0.2) is 12.1 Å². The molecule has 18 heavy (non-hydrogen) atoms. The van der Waals surface area contributed by atoms with Gasteiger partial charge >= 0.3 is 12.1 Å². The van der Waals surface area contributed by atoms with E-state index < -0.39 is 28.9 Å². The molecule has 0 fully saturated rings. The molecule has 0 N–H and O–H groups in total. The van der Waals surface area contributed by atoms with Crippen LogP contribution in [0.3, 0.4) is 0 Å². The zero-order valence-corrected chi connectivity index (χ0v) is 10.1. The van der Waals surface area contributed by atoms with Gasteiger partial charge in [0.2, 0.25) is 0 Å². The van der Waals surface area contributed by atoms with Crippen molar-refractivity contribution < 1.29 is 26.3 Å². The third-order valence-corrected chi connectivity index (χ3v) is 3.00. The number of rotatable bonds is 2. The fourth-order valence-corrected chi connectivity index (χ4v) is 2.11. The van der Waals surface area contributed by atoms with Crippen molar-refractivity contribution in [3.8, 4) is 0 Å². The molecule has 0 saturated carbocycles. The standard InChI is InChI=1S/C11H9ClF6/c1-5-3-7(13)4-6(2)8(5)9(12)10(14,15)11(16,17)18/h3-4,9H,1-2H3. The largest absolute Gasteiger partial charge is 0.455 e. The Labute approximate surface area is 105 Å². The van der Waals surface area contributed by atoms with Gasteiger partial charge in [-0.15, -0.1) is 11.6 Å². The second kappa shape index (κ2) is 4.64. The average Bonchev–Trinajstić information content (AvgIpc) is 2.13. The molecule has 1 atom stereocenters. The van der Waals surface area contributed by atoms with E-state index in [2.05, 4.69) is 0 Å². The lowest BCUT2D eigenvalue weighted by atomic mass is 9.96. The normalized spacial score (nSPS) is 14.7. The molecule has 0 amide bonds. The molecule has 0 aliphatic heterocycles. The predicted molar refractivity (Wildman–Crippen MR) is 55.5 cm³/mol. The summed E-state index contributed by atoms with van der Waals surface area (Å²) in [7, 11) is 0. The summed E-state index contributed by atoms with van der Waals surface area (Å²) in [5, 5.41) is -2.59. The third-order valence-electron chi connectivity index (χ3n) is 2.51. The topological polar surface area (TPSA) is 0 Å². The van der Waals surface area contributed by atoms with Crippen molar-refractivity contribution in [3.63, 3.8) is 0 Å². The van der Waals surface area contributed by atoms with E-state index in [1.165, 1.54) is 13.8 Å². The summed E-state index contributed by atoms with van der Waals surface area (Å²) in [5.41, 5.74) is -0.492. The van der Waals surface area contributed by atoms with Crippen molar-refractivity contribution in [1.82, 2.24) is 0 Å². The first kappa shape index (κ1) is 15.1. The van der Waals surface area contributed by atoms with E-state index in [1.54, 1.807) is 0 Å². The van der Waals surface area contributed by atoms with Gasteiger partial charge in [0.1, 0.15) is 11.2 Å². The number of halogens is 7. The highest BCUT2D eigenvalue weighted by atomic mass is 35.5. The Bertz CT molecular complexity index is 428. The summed E-state index contributed by atoms with van der Waals surface area (Å²) in [4.78, 5) is 0. The summed E-state index contributed by atoms with van der Waals surface area (Å²) in [6.45, 7) is 2.46. The maximum Gasteiger partial charge on any atom is 0.455 e. The molecule has 0 spiro atoms. The highest BCUT2D eigenvalue weighted by Crippen LogP contribution is 2.49. The number of alkyl halides is 6. The van der Waals surface area contributed by atoms with Gasteiger partial charge in [-0.1, -0.05) is 0 Å². The summed E-state index contributed by atoms with van der Waals surface area (Å²) in [6, 6.07) is 1.73.